The summed E-state index contributed by atoms with van der Waals surface area (Å²) >= 11 is 0. The lowest BCUT2D eigenvalue weighted by atomic mass is 9.85. The molecule has 1 unspecified atom stereocenters. The van der Waals surface area contributed by atoms with Gasteiger partial charge >= 0.3 is 0 Å². The van der Waals surface area contributed by atoms with Crippen molar-refractivity contribution in [2.45, 2.75) is 32.7 Å². The molecular weight excluding hydrogens is 364 g/mol. The molecule has 0 aliphatic rings. The third kappa shape index (κ3) is 6.22. The topological polar surface area (TPSA) is 24.1 Å². The summed E-state index contributed by atoms with van der Waals surface area (Å²) in [6.45, 7) is 19.0. The van der Waals surface area contributed by atoms with Gasteiger partial charge in [-0.2, -0.15) is 0 Å². The summed E-state index contributed by atoms with van der Waals surface area (Å²) < 4.78 is 0. The summed E-state index contributed by atoms with van der Waals surface area (Å²) in [7, 11) is 2.01. The van der Waals surface area contributed by atoms with Crippen LogP contribution in [-0.2, 0) is 5.54 Å². The lowest BCUT2D eigenvalue weighted by Gasteiger charge is -2.30. The second kappa shape index (κ2) is 10.6. The van der Waals surface area contributed by atoms with Crippen molar-refractivity contribution in [1.29, 1.82) is 0 Å². The molecule has 0 spiro atoms. The second-order valence-electron chi connectivity index (χ2n) is 8.09. The van der Waals surface area contributed by atoms with Gasteiger partial charge in [-0.05, 0) is 74.7 Å². The number of allylic oxidation sites excluding steroid dienone is 2. The maximum absolute atomic E-state index is 4.22. The van der Waals surface area contributed by atoms with Gasteiger partial charge in [0.2, 0.25) is 0 Å². The number of rotatable bonds is 10. The Hall–Kier alpha value is -3.06. The van der Waals surface area contributed by atoms with Crippen molar-refractivity contribution in [2.24, 2.45) is 0 Å². The highest BCUT2D eigenvalue weighted by Gasteiger charge is 2.24. The van der Waals surface area contributed by atoms with Gasteiger partial charge in [0.1, 0.15) is 0 Å². The minimum Gasteiger partial charge on any atom is -0.381 e. The summed E-state index contributed by atoms with van der Waals surface area (Å²) in [5, 5.41) is 6.88. The molecule has 0 bridgehead atoms. The van der Waals surface area contributed by atoms with Gasteiger partial charge in [0.05, 0.1) is 0 Å². The largest absolute Gasteiger partial charge is 0.381 e. The van der Waals surface area contributed by atoms with Crippen LogP contribution < -0.4 is 10.6 Å². The fraction of sp³-hybridized carbons (Fsp3) is 0.250. The average Bonchev–Trinajstić information content (AvgIpc) is 2.75. The number of hydrogen-bond acceptors (Lipinski definition) is 2. The van der Waals surface area contributed by atoms with Gasteiger partial charge in [-0.25, -0.2) is 0 Å². The SMILES string of the molecule is C=C=C/C=C(\C)CNC(=C)c1cccc(-c2cccc(C(C)(CC(=C)C)NC)c2)c1. The summed E-state index contributed by atoms with van der Waals surface area (Å²) in [6, 6.07) is 17.2. The van der Waals surface area contributed by atoms with Gasteiger partial charge in [-0.15, -0.1) is 12.3 Å². The van der Waals surface area contributed by atoms with Crippen LogP contribution in [0.2, 0.25) is 0 Å². The monoisotopic (exact) mass is 398 g/mol. The zero-order valence-corrected chi connectivity index (χ0v) is 18.8. The molecule has 0 saturated heterocycles. The first-order valence-electron chi connectivity index (χ1n) is 10.3. The van der Waals surface area contributed by atoms with E-state index in [0.29, 0.717) is 0 Å². The van der Waals surface area contributed by atoms with Crippen LogP contribution in [0.5, 0.6) is 0 Å². The van der Waals surface area contributed by atoms with Crippen LogP contribution in [0.3, 0.4) is 0 Å². The third-order valence-electron chi connectivity index (χ3n) is 5.32. The van der Waals surface area contributed by atoms with Crippen LogP contribution in [0, 0.1) is 0 Å². The van der Waals surface area contributed by atoms with Crippen molar-refractivity contribution in [3.8, 4) is 11.1 Å². The quantitative estimate of drug-likeness (QED) is 0.267. The Morgan fingerprint density at radius 1 is 1.07 bits per heavy atom. The molecule has 0 heterocycles. The third-order valence-corrected chi connectivity index (χ3v) is 5.32. The summed E-state index contributed by atoms with van der Waals surface area (Å²) in [6.07, 6.45) is 4.71. The van der Waals surface area contributed by atoms with Gasteiger partial charge in [0.15, 0.2) is 0 Å². The van der Waals surface area contributed by atoms with Crippen LogP contribution in [0.1, 0.15) is 38.3 Å². The maximum Gasteiger partial charge on any atom is 0.0441 e. The molecule has 2 aromatic carbocycles. The number of benzene rings is 2. The molecular formula is C28H34N2. The molecule has 0 aromatic heterocycles. The van der Waals surface area contributed by atoms with Gasteiger partial charge < -0.3 is 10.6 Å². The van der Waals surface area contributed by atoms with Gasteiger partial charge in [-0.1, -0.05) is 66.8 Å². The number of nitrogens with one attached hydrogen (secondary N) is 2. The van der Waals surface area contributed by atoms with Crippen LogP contribution in [-0.4, -0.2) is 13.6 Å². The van der Waals surface area contributed by atoms with E-state index < -0.39 is 0 Å². The van der Waals surface area contributed by atoms with Crippen molar-refractivity contribution in [1.82, 2.24) is 10.6 Å². The van der Waals surface area contributed by atoms with E-state index in [1.165, 1.54) is 22.3 Å². The normalized spacial score (nSPS) is 13.1. The Labute approximate surface area is 182 Å². The predicted octanol–water partition coefficient (Wildman–Crippen LogP) is 6.60. The van der Waals surface area contributed by atoms with E-state index in [1.54, 1.807) is 0 Å². The van der Waals surface area contributed by atoms with E-state index in [4.69, 9.17) is 0 Å². The Morgan fingerprint density at radius 3 is 2.37 bits per heavy atom. The first-order chi connectivity index (χ1) is 14.3. The molecule has 2 aromatic rings. The lowest BCUT2D eigenvalue weighted by Crippen LogP contribution is -2.36. The smallest absolute Gasteiger partial charge is 0.0441 e. The predicted molar refractivity (Wildman–Crippen MR) is 132 cm³/mol. The molecule has 0 saturated carbocycles. The molecule has 156 valence electrons. The molecule has 2 nitrogen and oxygen atoms in total. The standard InChI is InChI=1S/C28H34N2/c1-8-9-12-22(4)20-30-23(5)24-13-10-14-25(17-24)26-15-11-16-27(18-26)28(6,29-7)19-21(2)3/h9-18,29-30H,1-2,5,19-20H2,3-4,6-7H3/b22-12+. The first-order valence-corrected chi connectivity index (χ1v) is 10.3. The zero-order chi connectivity index (χ0) is 22.1. The Balaban J connectivity index is 2.26. The van der Waals surface area contributed by atoms with Gasteiger partial charge in [-0.3, -0.25) is 0 Å². The molecule has 2 N–H and O–H groups in total. The maximum atomic E-state index is 4.22. The van der Waals surface area contributed by atoms with E-state index in [9.17, 15) is 0 Å². The molecule has 0 amide bonds. The van der Waals surface area contributed by atoms with Gasteiger partial charge in [0.25, 0.3) is 0 Å². The molecule has 0 aliphatic heterocycles. The van der Waals surface area contributed by atoms with E-state index in [1.807, 2.05) is 19.2 Å². The zero-order valence-electron chi connectivity index (χ0n) is 18.8. The van der Waals surface area contributed by atoms with Crippen LogP contribution in [0.25, 0.3) is 16.8 Å². The van der Waals surface area contributed by atoms with Crippen molar-refractivity contribution < 1.29 is 0 Å². The molecule has 0 radical (unpaired) electrons. The Bertz CT molecular complexity index is 989. The van der Waals surface area contributed by atoms with Crippen molar-refractivity contribution >= 4 is 5.70 Å². The first kappa shape index (κ1) is 23.2. The number of hydrogen-bond donors (Lipinski definition) is 2. The van der Waals surface area contributed by atoms with Gasteiger partial charge in [0, 0.05) is 17.8 Å². The summed E-state index contributed by atoms with van der Waals surface area (Å²) in [5.74, 6) is 0. The second-order valence-corrected chi connectivity index (χ2v) is 8.09. The van der Waals surface area contributed by atoms with Crippen molar-refractivity contribution in [2.75, 3.05) is 13.6 Å². The minimum atomic E-state index is -0.144. The van der Waals surface area contributed by atoms with Crippen molar-refractivity contribution in [3.63, 3.8) is 0 Å². The van der Waals surface area contributed by atoms with Crippen LogP contribution in [0.4, 0.5) is 0 Å². The van der Waals surface area contributed by atoms with Crippen molar-refractivity contribution in [3.05, 3.63) is 108 Å². The highest BCUT2D eigenvalue weighted by molar-refractivity contribution is 5.71. The summed E-state index contributed by atoms with van der Waals surface area (Å²) in [5.41, 5.74) is 10.6. The van der Waals surface area contributed by atoms with E-state index >= 15 is 0 Å². The molecule has 0 fully saturated rings. The van der Waals surface area contributed by atoms with E-state index in [-0.39, 0.29) is 5.54 Å². The summed E-state index contributed by atoms with van der Waals surface area (Å²) in [4.78, 5) is 0. The van der Waals surface area contributed by atoms with Crippen LogP contribution >= 0.6 is 0 Å². The Morgan fingerprint density at radius 2 is 1.73 bits per heavy atom. The molecule has 1 atom stereocenters. The molecule has 2 rings (SSSR count). The van der Waals surface area contributed by atoms with E-state index in [2.05, 4.69) is 105 Å². The fourth-order valence-electron chi connectivity index (χ4n) is 3.48. The minimum absolute atomic E-state index is 0.144. The fourth-order valence-corrected chi connectivity index (χ4v) is 3.48. The molecule has 0 aliphatic carbocycles. The van der Waals surface area contributed by atoms with E-state index in [0.717, 1.165) is 29.8 Å². The highest BCUT2D eigenvalue weighted by atomic mass is 14.9. The molecule has 2 heteroatoms. The molecule has 30 heavy (non-hydrogen) atoms. The Kier molecular flexibility index (Phi) is 8.24. The average molecular weight is 399 g/mol. The highest BCUT2D eigenvalue weighted by Crippen LogP contribution is 2.31. The lowest BCUT2D eigenvalue weighted by molar-refractivity contribution is 0.396. The van der Waals surface area contributed by atoms with Crippen LogP contribution in [0.15, 0.2) is 97.3 Å².